The highest BCUT2D eigenvalue weighted by atomic mass is 35.5. The number of halogens is 1. The van der Waals surface area contributed by atoms with Gasteiger partial charge >= 0.3 is 0 Å². The monoisotopic (exact) mass is 434 g/mol. The third-order valence-corrected chi connectivity index (χ3v) is 5.00. The number of para-hydroxylation sites is 1. The Labute approximate surface area is 184 Å². The number of hydrogen-bond donors (Lipinski definition) is 1. The van der Waals surface area contributed by atoms with E-state index in [9.17, 15) is 4.79 Å². The molecule has 0 bridgehead atoms. The lowest BCUT2D eigenvalue weighted by Crippen LogP contribution is -2.47. The van der Waals surface area contributed by atoms with E-state index < -0.39 is 0 Å². The Hall–Kier alpha value is -2.44. The molecule has 0 spiro atoms. The Morgan fingerprint density at radius 2 is 1.80 bits per heavy atom. The number of ether oxygens (including phenoxy) is 3. The van der Waals surface area contributed by atoms with Gasteiger partial charge < -0.3 is 24.8 Å². The molecular weight excluding hydrogens is 404 g/mol. The number of hydrogen-bond acceptors (Lipinski definition) is 5. The quantitative estimate of drug-likeness (QED) is 0.605. The van der Waals surface area contributed by atoms with E-state index in [2.05, 4.69) is 0 Å². The van der Waals surface area contributed by atoms with Gasteiger partial charge in [-0.1, -0.05) is 18.2 Å². The van der Waals surface area contributed by atoms with Crippen molar-refractivity contribution in [1.82, 2.24) is 4.90 Å². The van der Waals surface area contributed by atoms with Crippen LogP contribution in [0.1, 0.15) is 36.5 Å². The lowest BCUT2D eigenvalue weighted by Gasteiger charge is -2.35. The van der Waals surface area contributed by atoms with Gasteiger partial charge in [-0.25, -0.2) is 0 Å². The molecule has 1 aliphatic rings. The van der Waals surface area contributed by atoms with Gasteiger partial charge in [-0.3, -0.25) is 4.79 Å². The number of amides is 1. The number of carbonyl (C=O) groups excluding carboxylic acids is 1. The molecule has 1 saturated heterocycles. The van der Waals surface area contributed by atoms with Gasteiger partial charge in [0.25, 0.3) is 5.91 Å². The third kappa shape index (κ3) is 6.28. The predicted molar refractivity (Wildman–Crippen MR) is 120 cm³/mol. The van der Waals surface area contributed by atoms with E-state index in [1.807, 2.05) is 42.2 Å². The Bertz CT molecular complexity index is 788. The molecule has 30 heavy (non-hydrogen) atoms. The van der Waals surface area contributed by atoms with Crippen LogP contribution in [-0.4, -0.2) is 49.8 Å². The van der Waals surface area contributed by atoms with Crippen LogP contribution in [0.5, 0.6) is 17.2 Å². The number of nitrogens with zero attached hydrogens (tertiary/aromatic N) is 1. The Morgan fingerprint density at radius 1 is 1.03 bits per heavy atom. The minimum atomic E-state index is 0. The Kier molecular flexibility index (Phi) is 9.77. The van der Waals surface area contributed by atoms with Crippen molar-refractivity contribution in [2.24, 2.45) is 5.73 Å². The maximum Gasteiger partial charge on any atom is 0.254 e. The van der Waals surface area contributed by atoms with Crippen LogP contribution in [0.15, 0.2) is 48.5 Å². The van der Waals surface area contributed by atoms with Crippen LogP contribution in [0.4, 0.5) is 0 Å². The van der Waals surface area contributed by atoms with E-state index in [-0.39, 0.29) is 24.4 Å². The summed E-state index contributed by atoms with van der Waals surface area (Å²) in [4.78, 5) is 14.9. The van der Waals surface area contributed by atoms with E-state index in [1.54, 1.807) is 18.2 Å². The van der Waals surface area contributed by atoms with Crippen LogP contribution >= 0.6 is 12.4 Å². The fraction of sp³-hybridized carbons (Fsp3) is 0.435. The van der Waals surface area contributed by atoms with Gasteiger partial charge in [-0.05, 0) is 56.5 Å². The molecule has 1 atom stereocenters. The number of nitrogens with two attached hydrogens (primary N) is 1. The summed E-state index contributed by atoms with van der Waals surface area (Å²) in [5.41, 5.74) is 6.47. The maximum absolute atomic E-state index is 13.0. The largest absolute Gasteiger partial charge is 0.490 e. The van der Waals surface area contributed by atoms with Crippen LogP contribution < -0.4 is 19.9 Å². The van der Waals surface area contributed by atoms with Crippen molar-refractivity contribution < 1.29 is 19.0 Å². The molecule has 1 amide bonds. The van der Waals surface area contributed by atoms with Crippen LogP contribution in [0.3, 0.4) is 0 Å². The van der Waals surface area contributed by atoms with E-state index >= 15 is 0 Å². The summed E-state index contributed by atoms with van der Waals surface area (Å²) < 4.78 is 17.2. The number of piperidine rings is 1. The molecule has 1 heterocycles. The molecule has 2 aromatic carbocycles. The van der Waals surface area contributed by atoms with Crippen molar-refractivity contribution in [3.63, 3.8) is 0 Å². The summed E-state index contributed by atoms with van der Waals surface area (Å²) in [5.74, 6) is 1.98. The minimum absolute atomic E-state index is 0. The summed E-state index contributed by atoms with van der Waals surface area (Å²) in [7, 11) is 0. The summed E-state index contributed by atoms with van der Waals surface area (Å²) in [6, 6.07) is 15.1. The topological polar surface area (TPSA) is 74.0 Å². The molecule has 0 radical (unpaired) electrons. The van der Waals surface area contributed by atoms with Gasteiger partial charge in [-0.2, -0.15) is 0 Å². The Morgan fingerprint density at radius 3 is 2.53 bits per heavy atom. The number of benzene rings is 2. The van der Waals surface area contributed by atoms with E-state index in [0.29, 0.717) is 43.4 Å². The zero-order chi connectivity index (χ0) is 20.5. The first-order valence-electron chi connectivity index (χ1n) is 10.3. The molecule has 2 N–H and O–H groups in total. The van der Waals surface area contributed by atoms with Crippen molar-refractivity contribution in [3.8, 4) is 17.2 Å². The SMILES string of the molecule is CCOc1cc(C(=O)N2CCCCC2CN)ccc1OCCOc1ccccc1.Cl. The molecular formula is C23H31ClN2O4. The second-order valence-corrected chi connectivity index (χ2v) is 6.99. The number of carbonyl (C=O) groups is 1. The average Bonchev–Trinajstić information content (AvgIpc) is 2.78. The van der Waals surface area contributed by atoms with Crippen molar-refractivity contribution >= 4 is 18.3 Å². The second kappa shape index (κ2) is 12.3. The second-order valence-electron chi connectivity index (χ2n) is 6.99. The van der Waals surface area contributed by atoms with Crippen LogP contribution in [-0.2, 0) is 0 Å². The molecule has 1 aliphatic heterocycles. The van der Waals surface area contributed by atoms with Crippen molar-refractivity contribution in [2.45, 2.75) is 32.2 Å². The van der Waals surface area contributed by atoms with Gasteiger partial charge in [0.05, 0.1) is 6.61 Å². The summed E-state index contributed by atoms with van der Waals surface area (Å²) in [5, 5.41) is 0. The first kappa shape index (κ1) is 23.8. The molecule has 1 unspecified atom stereocenters. The lowest BCUT2D eigenvalue weighted by molar-refractivity contribution is 0.0622. The predicted octanol–water partition coefficient (Wildman–Crippen LogP) is 3.92. The fourth-order valence-electron chi connectivity index (χ4n) is 3.54. The zero-order valence-corrected chi connectivity index (χ0v) is 18.2. The summed E-state index contributed by atoms with van der Waals surface area (Å²) >= 11 is 0. The van der Waals surface area contributed by atoms with Gasteiger partial charge in [0.2, 0.25) is 0 Å². The molecule has 6 nitrogen and oxygen atoms in total. The highest BCUT2D eigenvalue weighted by molar-refractivity contribution is 5.95. The highest BCUT2D eigenvalue weighted by Gasteiger charge is 2.27. The number of rotatable bonds is 9. The van der Waals surface area contributed by atoms with Gasteiger partial charge in [0, 0.05) is 24.7 Å². The average molecular weight is 435 g/mol. The van der Waals surface area contributed by atoms with E-state index in [0.717, 1.165) is 31.6 Å². The molecule has 2 aromatic rings. The molecule has 0 saturated carbocycles. The van der Waals surface area contributed by atoms with Gasteiger partial charge in [0.15, 0.2) is 11.5 Å². The van der Waals surface area contributed by atoms with Crippen LogP contribution in [0, 0.1) is 0 Å². The van der Waals surface area contributed by atoms with E-state index in [1.165, 1.54) is 0 Å². The molecule has 7 heteroatoms. The molecule has 3 rings (SSSR count). The molecule has 0 aliphatic carbocycles. The molecule has 0 aromatic heterocycles. The number of likely N-dealkylation sites (tertiary alicyclic amines) is 1. The maximum atomic E-state index is 13.0. The fourth-order valence-corrected chi connectivity index (χ4v) is 3.54. The lowest BCUT2D eigenvalue weighted by atomic mass is 10.0. The smallest absolute Gasteiger partial charge is 0.254 e. The summed E-state index contributed by atoms with van der Waals surface area (Å²) in [6.07, 6.45) is 3.10. The normalized spacial score (nSPS) is 15.8. The Balaban J connectivity index is 0.00000320. The third-order valence-electron chi connectivity index (χ3n) is 5.00. The van der Waals surface area contributed by atoms with Gasteiger partial charge in [-0.15, -0.1) is 12.4 Å². The van der Waals surface area contributed by atoms with Crippen molar-refractivity contribution in [1.29, 1.82) is 0 Å². The first-order valence-corrected chi connectivity index (χ1v) is 10.3. The molecule has 164 valence electrons. The van der Waals surface area contributed by atoms with Crippen LogP contribution in [0.2, 0.25) is 0 Å². The minimum Gasteiger partial charge on any atom is -0.490 e. The first-order chi connectivity index (χ1) is 14.2. The van der Waals surface area contributed by atoms with Gasteiger partial charge in [0.1, 0.15) is 19.0 Å². The summed E-state index contributed by atoms with van der Waals surface area (Å²) in [6.45, 7) is 4.44. The van der Waals surface area contributed by atoms with Crippen molar-refractivity contribution in [2.75, 3.05) is 32.9 Å². The van der Waals surface area contributed by atoms with Crippen molar-refractivity contribution in [3.05, 3.63) is 54.1 Å². The molecule has 1 fully saturated rings. The zero-order valence-electron chi connectivity index (χ0n) is 17.4. The van der Waals surface area contributed by atoms with Crippen LogP contribution in [0.25, 0.3) is 0 Å². The standard InChI is InChI=1S/C23H30N2O4.ClH/c1-2-27-22-16-18(23(26)25-13-7-6-8-19(25)17-24)11-12-21(22)29-15-14-28-20-9-4-3-5-10-20;/h3-5,9-12,16,19H,2,6-8,13-15,17,24H2,1H3;1H. The van der Waals surface area contributed by atoms with E-state index in [4.69, 9.17) is 19.9 Å². The highest BCUT2D eigenvalue weighted by Crippen LogP contribution is 2.30.